The van der Waals surface area contributed by atoms with E-state index in [0.717, 1.165) is 19.0 Å². The average Bonchev–Trinajstić information content (AvgIpc) is 3.49. The van der Waals surface area contributed by atoms with Crippen LogP contribution >= 0.6 is 22.6 Å². The largest absolute Gasteiger partial charge is 0.463 e. The van der Waals surface area contributed by atoms with E-state index in [1.54, 1.807) is 0 Å². The molecule has 0 bridgehead atoms. The molecule has 7 nitrogen and oxygen atoms in total. The summed E-state index contributed by atoms with van der Waals surface area (Å²) in [4.78, 5) is 21.2. The van der Waals surface area contributed by atoms with Crippen LogP contribution in [0, 0.1) is 22.3 Å². The number of hydrogen-bond donors (Lipinski definition) is 2. The standard InChI is InChI=1S/C25H21F5IN5O2/c1-10-5-14-17(22(31)35-34-14)18(15(10)21(29)30)16-13(27)6-12-20(19(16)28)32-24(33-23(12)37)38-9-25-3-2-4-36(25)8-11(26)7-25/h5-6,11,21H,2-4,7-9H2,1H3,(H,34,35)(H,32,33,37)/t11-,25+/m1/s1. The number of fused-ring (bicyclic) bond motifs is 3. The van der Waals surface area contributed by atoms with Crippen LogP contribution in [0.2, 0.25) is 0 Å². The van der Waals surface area contributed by atoms with Crippen molar-refractivity contribution in [3.05, 3.63) is 48.9 Å². The molecule has 38 heavy (non-hydrogen) atoms. The monoisotopic (exact) mass is 645 g/mol. The molecule has 2 aliphatic heterocycles. The van der Waals surface area contributed by atoms with Gasteiger partial charge in [0.1, 0.15) is 27.8 Å². The van der Waals surface area contributed by atoms with Crippen LogP contribution in [0.15, 0.2) is 16.9 Å². The molecular formula is C25H21F5IN5O2. The smallest absolute Gasteiger partial charge is 0.297 e. The molecule has 2 N–H and O–H groups in total. The number of hydrogen-bond acceptors (Lipinski definition) is 5. The Bertz CT molecular complexity index is 1660. The Kier molecular flexibility index (Phi) is 6.13. The molecule has 0 spiro atoms. The SMILES string of the molecule is Cc1cc2n[nH]c(I)c2c(-c2c(F)cc3c(=O)[nH]c(OC[C@@]45CCCN4C[C@H](F)C5)nc3c2F)c1C(F)F. The van der Waals surface area contributed by atoms with Crippen LogP contribution in [0.5, 0.6) is 6.01 Å². The molecule has 2 atom stereocenters. The molecule has 13 heteroatoms. The third kappa shape index (κ3) is 3.88. The van der Waals surface area contributed by atoms with E-state index < -0.39 is 57.4 Å². The number of nitrogens with one attached hydrogen (secondary N) is 2. The highest BCUT2D eigenvalue weighted by atomic mass is 127. The summed E-state index contributed by atoms with van der Waals surface area (Å²) in [5, 5.41) is 6.46. The Balaban J connectivity index is 1.51. The van der Waals surface area contributed by atoms with E-state index >= 15 is 8.78 Å². The summed E-state index contributed by atoms with van der Waals surface area (Å²) in [6.07, 6.45) is -2.18. The number of alkyl halides is 3. The number of ether oxygens (including phenoxy) is 1. The molecular weight excluding hydrogens is 624 g/mol. The molecule has 0 radical (unpaired) electrons. The molecule has 4 aromatic rings. The maximum absolute atomic E-state index is 16.1. The van der Waals surface area contributed by atoms with Gasteiger partial charge in [0.2, 0.25) is 0 Å². The zero-order chi connectivity index (χ0) is 26.9. The molecule has 0 amide bonds. The highest BCUT2D eigenvalue weighted by Gasteiger charge is 2.49. The van der Waals surface area contributed by atoms with Crippen molar-refractivity contribution in [3.8, 4) is 17.1 Å². The number of rotatable bonds is 5. The van der Waals surface area contributed by atoms with E-state index in [1.807, 2.05) is 27.5 Å². The van der Waals surface area contributed by atoms with Gasteiger partial charge in [-0.05, 0) is 66.6 Å². The van der Waals surface area contributed by atoms with Gasteiger partial charge in [0.15, 0.2) is 5.82 Å². The third-order valence-electron chi connectivity index (χ3n) is 7.63. The van der Waals surface area contributed by atoms with Crippen LogP contribution in [0.3, 0.4) is 0 Å². The van der Waals surface area contributed by atoms with Gasteiger partial charge in [0.25, 0.3) is 18.0 Å². The molecule has 200 valence electrons. The third-order valence-corrected chi connectivity index (χ3v) is 8.41. The molecule has 0 aliphatic carbocycles. The number of aromatic amines is 2. The van der Waals surface area contributed by atoms with Crippen LogP contribution in [-0.2, 0) is 0 Å². The molecule has 2 aliphatic rings. The normalized spacial score (nSPS) is 21.7. The average molecular weight is 645 g/mol. The van der Waals surface area contributed by atoms with Crippen molar-refractivity contribution in [1.29, 1.82) is 0 Å². The van der Waals surface area contributed by atoms with Gasteiger partial charge in [-0.3, -0.25) is 19.8 Å². The zero-order valence-corrected chi connectivity index (χ0v) is 22.1. The first-order valence-corrected chi connectivity index (χ1v) is 13.1. The fraction of sp³-hybridized carbons (Fsp3) is 0.400. The molecule has 4 heterocycles. The Morgan fingerprint density at radius 2 is 2.08 bits per heavy atom. The molecule has 2 fully saturated rings. The Morgan fingerprint density at radius 1 is 1.29 bits per heavy atom. The second-order valence-electron chi connectivity index (χ2n) is 9.89. The van der Waals surface area contributed by atoms with Gasteiger partial charge in [-0.1, -0.05) is 0 Å². The van der Waals surface area contributed by atoms with Crippen molar-refractivity contribution in [2.45, 2.75) is 44.3 Å². The lowest BCUT2D eigenvalue weighted by molar-refractivity contribution is 0.107. The molecule has 2 aromatic heterocycles. The maximum Gasteiger partial charge on any atom is 0.297 e. The van der Waals surface area contributed by atoms with Crippen LogP contribution in [-0.4, -0.2) is 56.5 Å². The van der Waals surface area contributed by atoms with E-state index in [4.69, 9.17) is 4.74 Å². The van der Waals surface area contributed by atoms with Gasteiger partial charge in [0.05, 0.1) is 22.0 Å². The first kappa shape index (κ1) is 25.5. The van der Waals surface area contributed by atoms with Crippen molar-refractivity contribution in [1.82, 2.24) is 25.1 Å². The van der Waals surface area contributed by atoms with E-state index in [-0.39, 0.29) is 41.1 Å². The van der Waals surface area contributed by atoms with Crippen LogP contribution in [0.4, 0.5) is 22.0 Å². The number of benzene rings is 2. The summed E-state index contributed by atoms with van der Waals surface area (Å²) in [5.74, 6) is -2.46. The second-order valence-corrected chi connectivity index (χ2v) is 11.0. The van der Waals surface area contributed by atoms with E-state index in [1.165, 1.54) is 13.0 Å². The maximum atomic E-state index is 16.1. The highest BCUT2D eigenvalue weighted by Crippen LogP contribution is 2.44. The van der Waals surface area contributed by atoms with Gasteiger partial charge >= 0.3 is 0 Å². The Morgan fingerprint density at radius 3 is 2.84 bits per heavy atom. The van der Waals surface area contributed by atoms with Crippen LogP contribution < -0.4 is 10.3 Å². The minimum atomic E-state index is -3.04. The molecule has 2 aromatic carbocycles. The zero-order valence-electron chi connectivity index (χ0n) is 20.0. The fourth-order valence-electron chi connectivity index (χ4n) is 5.97. The lowest BCUT2D eigenvalue weighted by Crippen LogP contribution is -2.43. The molecule has 6 rings (SSSR count). The van der Waals surface area contributed by atoms with E-state index in [2.05, 4.69) is 20.2 Å². The first-order valence-electron chi connectivity index (χ1n) is 12.0. The lowest BCUT2D eigenvalue weighted by Gasteiger charge is -2.30. The van der Waals surface area contributed by atoms with Gasteiger partial charge in [0, 0.05) is 29.5 Å². The second kappa shape index (κ2) is 9.14. The minimum Gasteiger partial charge on any atom is -0.463 e. The number of halogens is 6. The summed E-state index contributed by atoms with van der Waals surface area (Å²) < 4.78 is 80.2. The van der Waals surface area contributed by atoms with Crippen molar-refractivity contribution in [2.75, 3.05) is 19.7 Å². The predicted molar refractivity (Wildman–Crippen MR) is 138 cm³/mol. The lowest BCUT2D eigenvalue weighted by atomic mass is 9.91. The van der Waals surface area contributed by atoms with Gasteiger partial charge in [-0.15, -0.1) is 0 Å². The van der Waals surface area contributed by atoms with Gasteiger partial charge < -0.3 is 4.74 Å². The van der Waals surface area contributed by atoms with E-state index in [9.17, 15) is 18.0 Å². The number of aryl methyl sites for hydroxylation is 1. The first-order chi connectivity index (χ1) is 18.1. The van der Waals surface area contributed by atoms with E-state index in [0.29, 0.717) is 16.7 Å². The number of aromatic nitrogens is 4. The highest BCUT2D eigenvalue weighted by molar-refractivity contribution is 14.1. The Labute approximate surface area is 225 Å². The fourth-order valence-corrected chi connectivity index (χ4v) is 6.63. The summed E-state index contributed by atoms with van der Waals surface area (Å²) in [7, 11) is 0. The summed E-state index contributed by atoms with van der Waals surface area (Å²) in [6, 6.07) is 1.88. The Hall–Kier alpha value is -2.81. The van der Waals surface area contributed by atoms with Crippen molar-refractivity contribution < 1.29 is 26.7 Å². The number of nitrogens with zero attached hydrogens (tertiary/aromatic N) is 3. The number of H-pyrrole nitrogens is 2. The minimum absolute atomic E-state index is 0.0266. The van der Waals surface area contributed by atoms with Crippen molar-refractivity contribution in [2.24, 2.45) is 0 Å². The summed E-state index contributed by atoms with van der Waals surface area (Å²) in [6.45, 7) is 2.47. The predicted octanol–water partition coefficient (Wildman–Crippen LogP) is 5.55. The van der Waals surface area contributed by atoms with Crippen LogP contribution in [0.25, 0.3) is 32.9 Å². The quantitative estimate of drug-likeness (QED) is 0.220. The molecule has 0 unspecified atom stereocenters. The summed E-state index contributed by atoms with van der Waals surface area (Å²) >= 11 is 1.82. The van der Waals surface area contributed by atoms with Crippen LogP contribution in [0.1, 0.15) is 36.8 Å². The summed E-state index contributed by atoms with van der Waals surface area (Å²) in [5.41, 5.74) is -3.19. The topological polar surface area (TPSA) is 86.9 Å². The van der Waals surface area contributed by atoms with Gasteiger partial charge in [-0.25, -0.2) is 22.0 Å². The van der Waals surface area contributed by atoms with Gasteiger partial charge in [-0.2, -0.15) is 10.1 Å². The van der Waals surface area contributed by atoms with Crippen molar-refractivity contribution >= 4 is 44.4 Å². The van der Waals surface area contributed by atoms with Crippen molar-refractivity contribution in [3.63, 3.8) is 0 Å². The molecule has 0 saturated carbocycles. The molecule has 2 saturated heterocycles.